The number of benzene rings is 2. The maximum absolute atomic E-state index is 13.9. The van der Waals surface area contributed by atoms with Crippen LogP contribution in [0, 0.1) is 12.7 Å². The third-order valence-corrected chi connectivity index (χ3v) is 3.72. The third kappa shape index (κ3) is 3.49. The highest BCUT2D eigenvalue weighted by atomic mass is 35.5. The van der Waals surface area contributed by atoms with E-state index >= 15 is 0 Å². The second-order valence-corrected chi connectivity index (χ2v) is 5.53. The van der Waals surface area contributed by atoms with Crippen molar-refractivity contribution >= 4 is 23.2 Å². The van der Waals surface area contributed by atoms with Crippen LogP contribution < -0.4 is 11.3 Å². The van der Waals surface area contributed by atoms with Crippen molar-refractivity contribution in [2.75, 3.05) is 0 Å². The van der Waals surface area contributed by atoms with Crippen LogP contribution in [0.25, 0.3) is 0 Å². The quantitative estimate of drug-likeness (QED) is 0.656. The van der Waals surface area contributed by atoms with E-state index in [0.717, 1.165) is 11.1 Å². The van der Waals surface area contributed by atoms with Gasteiger partial charge in [0.15, 0.2) is 0 Å². The van der Waals surface area contributed by atoms with E-state index in [1.54, 1.807) is 18.2 Å². The lowest BCUT2D eigenvalue weighted by molar-refractivity contribution is 0.527. The van der Waals surface area contributed by atoms with Gasteiger partial charge in [-0.1, -0.05) is 35.3 Å². The Labute approximate surface area is 127 Å². The summed E-state index contributed by atoms with van der Waals surface area (Å²) in [5.74, 6) is 5.28. The van der Waals surface area contributed by atoms with E-state index in [0.29, 0.717) is 22.0 Å². The summed E-state index contributed by atoms with van der Waals surface area (Å²) in [6.07, 6.45) is 0.433. The minimum Gasteiger partial charge on any atom is -0.271 e. The Hall–Kier alpha value is -1.13. The molecule has 2 rings (SSSR count). The molecule has 2 aromatic carbocycles. The second kappa shape index (κ2) is 6.55. The molecule has 0 fully saturated rings. The first-order chi connectivity index (χ1) is 9.51. The molecular formula is C15H15Cl2FN2. The van der Waals surface area contributed by atoms with Gasteiger partial charge in [-0.25, -0.2) is 4.39 Å². The van der Waals surface area contributed by atoms with Crippen LogP contribution in [-0.4, -0.2) is 0 Å². The molecule has 1 unspecified atom stereocenters. The number of hydrogen-bond donors (Lipinski definition) is 2. The first-order valence-electron chi connectivity index (χ1n) is 6.17. The molecule has 0 bridgehead atoms. The summed E-state index contributed by atoms with van der Waals surface area (Å²) in [4.78, 5) is 0. The molecule has 0 amide bonds. The van der Waals surface area contributed by atoms with Crippen molar-refractivity contribution in [2.45, 2.75) is 19.4 Å². The number of aryl methyl sites for hydroxylation is 1. The summed E-state index contributed by atoms with van der Waals surface area (Å²) in [5, 5.41) is 1.05. The smallest absolute Gasteiger partial charge is 0.127 e. The molecule has 20 heavy (non-hydrogen) atoms. The van der Waals surface area contributed by atoms with Crippen LogP contribution in [0.4, 0.5) is 4.39 Å². The van der Waals surface area contributed by atoms with E-state index < -0.39 is 0 Å². The first-order valence-corrected chi connectivity index (χ1v) is 6.93. The van der Waals surface area contributed by atoms with Crippen LogP contribution in [0.1, 0.15) is 22.7 Å². The van der Waals surface area contributed by atoms with Gasteiger partial charge in [-0.3, -0.25) is 11.3 Å². The molecule has 2 aromatic rings. The molecular weight excluding hydrogens is 298 g/mol. The number of nitrogens with two attached hydrogens (primary N) is 1. The minimum absolute atomic E-state index is 0.192. The largest absolute Gasteiger partial charge is 0.271 e. The molecule has 0 aliphatic rings. The molecule has 0 aliphatic carbocycles. The number of halogens is 3. The molecule has 3 N–H and O–H groups in total. The van der Waals surface area contributed by atoms with Crippen molar-refractivity contribution < 1.29 is 4.39 Å². The average molecular weight is 313 g/mol. The number of nitrogens with one attached hydrogen (secondary N) is 1. The zero-order chi connectivity index (χ0) is 14.7. The molecule has 0 saturated carbocycles. The monoisotopic (exact) mass is 312 g/mol. The van der Waals surface area contributed by atoms with Gasteiger partial charge < -0.3 is 0 Å². The van der Waals surface area contributed by atoms with Gasteiger partial charge >= 0.3 is 0 Å². The summed E-state index contributed by atoms with van der Waals surface area (Å²) >= 11 is 11.7. The Kier molecular flexibility index (Phi) is 5.00. The normalized spacial score (nSPS) is 12.4. The molecule has 0 aromatic heterocycles. The average Bonchev–Trinajstić information content (AvgIpc) is 2.39. The van der Waals surface area contributed by atoms with Gasteiger partial charge in [0.05, 0.1) is 6.04 Å². The summed E-state index contributed by atoms with van der Waals surface area (Å²) in [7, 11) is 0. The van der Waals surface area contributed by atoms with E-state index in [2.05, 4.69) is 5.43 Å². The lowest BCUT2D eigenvalue weighted by Crippen LogP contribution is -2.30. The van der Waals surface area contributed by atoms with E-state index in [1.807, 2.05) is 19.1 Å². The Morgan fingerprint density at radius 1 is 1.15 bits per heavy atom. The molecule has 0 heterocycles. The zero-order valence-corrected chi connectivity index (χ0v) is 12.5. The standard InChI is InChI=1S/C15H15Cl2FN2/c1-9-6-11(16)4-5-13(9)15(20-19)7-10-2-3-12(17)8-14(10)18/h2-6,8,15,20H,7,19H2,1H3. The van der Waals surface area contributed by atoms with Crippen LogP contribution in [0.3, 0.4) is 0 Å². The second-order valence-electron chi connectivity index (χ2n) is 4.66. The Morgan fingerprint density at radius 2 is 1.80 bits per heavy atom. The molecule has 2 nitrogen and oxygen atoms in total. The van der Waals surface area contributed by atoms with Crippen LogP contribution in [0.2, 0.25) is 10.0 Å². The van der Waals surface area contributed by atoms with E-state index in [4.69, 9.17) is 29.0 Å². The molecule has 106 valence electrons. The molecule has 0 aliphatic heterocycles. The summed E-state index contributed by atoms with van der Waals surface area (Å²) in [6.45, 7) is 1.95. The number of hydrazine groups is 1. The van der Waals surface area contributed by atoms with Crippen molar-refractivity contribution in [3.63, 3.8) is 0 Å². The van der Waals surface area contributed by atoms with Crippen molar-refractivity contribution in [2.24, 2.45) is 5.84 Å². The summed E-state index contributed by atoms with van der Waals surface area (Å²) < 4.78 is 13.9. The van der Waals surface area contributed by atoms with E-state index in [1.165, 1.54) is 6.07 Å². The van der Waals surface area contributed by atoms with Crippen molar-refractivity contribution in [1.29, 1.82) is 0 Å². The van der Waals surface area contributed by atoms with Crippen LogP contribution >= 0.6 is 23.2 Å². The fraction of sp³-hybridized carbons (Fsp3) is 0.200. The van der Waals surface area contributed by atoms with Gasteiger partial charge in [-0.15, -0.1) is 0 Å². The van der Waals surface area contributed by atoms with Gasteiger partial charge in [-0.2, -0.15) is 0 Å². The topological polar surface area (TPSA) is 38.0 Å². The van der Waals surface area contributed by atoms with Crippen LogP contribution in [0.15, 0.2) is 36.4 Å². The highest BCUT2D eigenvalue weighted by Gasteiger charge is 2.15. The van der Waals surface area contributed by atoms with Gasteiger partial charge in [0, 0.05) is 10.0 Å². The van der Waals surface area contributed by atoms with Crippen LogP contribution in [0.5, 0.6) is 0 Å². The summed E-state index contributed by atoms with van der Waals surface area (Å²) in [6, 6.07) is 10.0. The van der Waals surface area contributed by atoms with Crippen molar-refractivity contribution in [1.82, 2.24) is 5.43 Å². The van der Waals surface area contributed by atoms with Crippen LogP contribution in [-0.2, 0) is 6.42 Å². The molecule has 1 atom stereocenters. The molecule has 0 radical (unpaired) electrons. The van der Waals surface area contributed by atoms with Gasteiger partial charge in [0.2, 0.25) is 0 Å². The number of rotatable bonds is 4. The lowest BCUT2D eigenvalue weighted by Gasteiger charge is -2.19. The molecule has 0 spiro atoms. The maximum atomic E-state index is 13.9. The maximum Gasteiger partial charge on any atom is 0.127 e. The predicted molar refractivity (Wildman–Crippen MR) is 81.4 cm³/mol. The van der Waals surface area contributed by atoms with Gasteiger partial charge in [0.1, 0.15) is 5.82 Å². The third-order valence-electron chi connectivity index (χ3n) is 3.25. The molecule has 0 saturated heterocycles. The van der Waals surface area contributed by atoms with Gasteiger partial charge in [-0.05, 0) is 54.3 Å². The SMILES string of the molecule is Cc1cc(Cl)ccc1C(Cc1ccc(Cl)cc1F)NN. The highest BCUT2D eigenvalue weighted by Crippen LogP contribution is 2.25. The minimum atomic E-state index is -0.329. The summed E-state index contributed by atoms with van der Waals surface area (Å²) in [5.41, 5.74) is 5.29. The number of hydrogen-bond acceptors (Lipinski definition) is 2. The molecule has 5 heteroatoms. The Bertz CT molecular complexity index is 617. The Morgan fingerprint density at radius 3 is 2.40 bits per heavy atom. The van der Waals surface area contributed by atoms with E-state index in [9.17, 15) is 4.39 Å². The van der Waals surface area contributed by atoms with Crippen molar-refractivity contribution in [3.05, 3.63) is 69.0 Å². The lowest BCUT2D eigenvalue weighted by atomic mass is 9.95. The van der Waals surface area contributed by atoms with E-state index in [-0.39, 0.29) is 11.9 Å². The Balaban J connectivity index is 2.28. The zero-order valence-electron chi connectivity index (χ0n) is 11.0. The van der Waals surface area contributed by atoms with Gasteiger partial charge in [0.25, 0.3) is 0 Å². The van der Waals surface area contributed by atoms with Crippen molar-refractivity contribution in [3.8, 4) is 0 Å². The fourth-order valence-electron chi connectivity index (χ4n) is 2.20. The highest BCUT2D eigenvalue weighted by molar-refractivity contribution is 6.30. The first kappa shape index (κ1) is 15.3. The fourth-order valence-corrected chi connectivity index (χ4v) is 2.58. The predicted octanol–water partition coefficient (Wildman–Crippen LogP) is 4.19.